The molecule has 3 rings (SSSR count). The number of pyridine rings is 1. The molecule has 0 saturated carbocycles. The van der Waals surface area contributed by atoms with Crippen LogP contribution in [0.2, 0.25) is 16.6 Å². The molecule has 1 heterocycles. The van der Waals surface area contributed by atoms with E-state index in [1.807, 2.05) is 31.2 Å². The highest BCUT2D eigenvalue weighted by molar-refractivity contribution is 6.77. The number of rotatable bonds is 19. The van der Waals surface area contributed by atoms with Crippen LogP contribution in [-0.2, 0) is 20.6 Å². The molecule has 0 bridgehead atoms. The van der Waals surface area contributed by atoms with Crippen molar-refractivity contribution in [2.75, 3.05) is 19.9 Å². The number of aromatic nitrogens is 1. The van der Waals surface area contributed by atoms with Gasteiger partial charge in [-0.15, -0.1) is 0 Å². The van der Waals surface area contributed by atoms with Crippen LogP contribution in [0.4, 0.5) is 8.78 Å². The Bertz CT molecular complexity index is 1440. The van der Waals surface area contributed by atoms with Crippen LogP contribution in [0.5, 0.6) is 11.6 Å². The number of aliphatic carboxylic acids is 1. The molecule has 0 radical (unpaired) electrons. The van der Waals surface area contributed by atoms with E-state index < -0.39 is 38.8 Å². The number of nitrogens with zero attached hydrogens (tertiary/aromatic N) is 1. The first-order chi connectivity index (χ1) is 22.7. The van der Waals surface area contributed by atoms with Gasteiger partial charge in [0.15, 0.2) is 8.32 Å². The minimum Gasteiger partial charge on any atom is -0.489 e. The summed E-state index contributed by atoms with van der Waals surface area (Å²) in [5, 5.41) is 9.41. The van der Waals surface area contributed by atoms with Crippen LogP contribution in [0.25, 0.3) is 11.1 Å². The van der Waals surface area contributed by atoms with Crippen LogP contribution in [0.1, 0.15) is 84.7 Å². The van der Waals surface area contributed by atoms with Crippen LogP contribution < -0.4 is 9.47 Å². The number of carboxylic acid groups (broad SMARTS) is 1. The normalized spacial score (nSPS) is 14.0. The highest BCUT2D eigenvalue weighted by Gasteiger charge is 2.45. The topological polar surface area (TPSA) is 87.1 Å². The zero-order valence-electron chi connectivity index (χ0n) is 29.9. The van der Waals surface area contributed by atoms with Crippen molar-refractivity contribution >= 4 is 14.3 Å². The molecule has 0 spiro atoms. The first-order valence-corrected chi connectivity index (χ1v) is 19.1. The lowest BCUT2D eigenvalue weighted by Crippen LogP contribution is -2.48. The molecule has 0 aliphatic carbocycles. The summed E-state index contributed by atoms with van der Waals surface area (Å²) >= 11 is 0. The summed E-state index contributed by atoms with van der Waals surface area (Å²) in [4.78, 5) is 15.8. The van der Waals surface area contributed by atoms with Gasteiger partial charge in [-0.25, -0.2) is 14.2 Å². The molecule has 7 nitrogen and oxygen atoms in total. The van der Waals surface area contributed by atoms with Crippen LogP contribution in [-0.4, -0.2) is 50.4 Å². The van der Waals surface area contributed by atoms with Crippen molar-refractivity contribution in [3.05, 3.63) is 77.2 Å². The Morgan fingerprint density at radius 3 is 2.10 bits per heavy atom. The number of hydrogen-bond acceptors (Lipinski definition) is 6. The monoisotopic (exact) mass is 685 g/mol. The Labute approximate surface area is 286 Å². The molecule has 3 atom stereocenters. The van der Waals surface area contributed by atoms with Gasteiger partial charge in [-0.05, 0) is 78.4 Å². The zero-order chi connectivity index (χ0) is 35.6. The van der Waals surface area contributed by atoms with Crippen molar-refractivity contribution in [3.63, 3.8) is 0 Å². The number of benzene rings is 2. The minimum absolute atomic E-state index is 0.0306. The van der Waals surface area contributed by atoms with Crippen LogP contribution >= 0.6 is 0 Å². The van der Waals surface area contributed by atoms with Gasteiger partial charge in [-0.2, -0.15) is 0 Å². The van der Waals surface area contributed by atoms with Gasteiger partial charge in [0.25, 0.3) is 0 Å². The Morgan fingerprint density at radius 1 is 0.917 bits per heavy atom. The standard InChI is InChI=1S/C38H53F2NO6Si/c1-10-44-35(19-20-46-48(24(2)3,25(4)5)26(6)7)30-12-14-31(15-13-30)45-23-29-11-17-34(40)33(21-29)32-16-18-36(41-28(32)9)47-37(38(42)43)27(8)22-39/h11-18,21,24-27,35,37H,10,19-20,22-23H2,1-9H3,(H,42,43)/t27-,35+,37?/m1/s1. The molecule has 10 heteroatoms. The van der Waals surface area contributed by atoms with E-state index in [1.165, 1.54) is 19.1 Å². The number of hydrogen-bond donors (Lipinski definition) is 1. The summed E-state index contributed by atoms with van der Waals surface area (Å²) in [7, 11) is -1.96. The lowest BCUT2D eigenvalue weighted by Gasteiger charge is -2.42. The maximum Gasteiger partial charge on any atom is 0.345 e. The number of carboxylic acids is 1. The molecule has 1 unspecified atom stereocenters. The van der Waals surface area contributed by atoms with Crippen LogP contribution in [0.15, 0.2) is 54.6 Å². The first kappa shape index (κ1) is 39.1. The molecule has 0 saturated heterocycles. The van der Waals surface area contributed by atoms with E-state index in [4.69, 9.17) is 18.6 Å². The van der Waals surface area contributed by atoms with Crippen molar-refractivity contribution in [1.82, 2.24) is 4.98 Å². The number of ether oxygens (including phenoxy) is 3. The molecule has 0 aliphatic rings. The second kappa shape index (κ2) is 17.9. The molecule has 2 aromatic carbocycles. The maximum atomic E-state index is 15.0. The lowest BCUT2D eigenvalue weighted by atomic mass is 10.0. The third kappa shape index (κ3) is 9.63. The number of halogens is 2. The Kier molecular flexibility index (Phi) is 14.6. The number of aryl methyl sites for hydroxylation is 1. The second-order valence-electron chi connectivity index (χ2n) is 13.4. The van der Waals surface area contributed by atoms with E-state index in [-0.39, 0.29) is 18.6 Å². The summed E-state index contributed by atoms with van der Waals surface area (Å²) in [6.07, 6.45) is -0.701. The van der Waals surface area contributed by atoms with Gasteiger partial charge in [-0.3, -0.25) is 4.39 Å². The van der Waals surface area contributed by atoms with Gasteiger partial charge in [0.05, 0.1) is 12.8 Å². The molecule has 0 fully saturated rings. The average molecular weight is 686 g/mol. The van der Waals surface area contributed by atoms with E-state index in [0.717, 1.165) is 17.5 Å². The Morgan fingerprint density at radius 2 is 1.56 bits per heavy atom. The predicted octanol–water partition coefficient (Wildman–Crippen LogP) is 9.87. The van der Waals surface area contributed by atoms with Crippen LogP contribution in [0, 0.1) is 18.7 Å². The van der Waals surface area contributed by atoms with E-state index in [1.54, 1.807) is 25.1 Å². The van der Waals surface area contributed by atoms with Gasteiger partial charge in [0.1, 0.15) is 18.2 Å². The van der Waals surface area contributed by atoms with Crippen LogP contribution in [0.3, 0.4) is 0 Å². The summed E-state index contributed by atoms with van der Waals surface area (Å²) in [6, 6.07) is 15.7. The highest BCUT2D eigenvalue weighted by atomic mass is 28.4. The largest absolute Gasteiger partial charge is 0.489 e. The number of carbonyl (C=O) groups is 1. The molecule has 1 aromatic heterocycles. The highest BCUT2D eigenvalue weighted by Crippen LogP contribution is 2.42. The summed E-state index contributed by atoms with van der Waals surface area (Å²) < 4.78 is 52.5. The van der Waals surface area contributed by atoms with E-state index in [9.17, 15) is 18.7 Å². The van der Waals surface area contributed by atoms with E-state index in [2.05, 4.69) is 46.5 Å². The van der Waals surface area contributed by atoms with Crippen molar-refractivity contribution < 1.29 is 37.3 Å². The molecule has 48 heavy (non-hydrogen) atoms. The molecule has 0 amide bonds. The Balaban J connectivity index is 1.68. The molecule has 1 N–H and O–H groups in total. The van der Waals surface area contributed by atoms with E-state index in [0.29, 0.717) is 52.4 Å². The van der Waals surface area contributed by atoms with Gasteiger partial charge in [0, 0.05) is 42.0 Å². The first-order valence-electron chi connectivity index (χ1n) is 16.9. The fourth-order valence-corrected chi connectivity index (χ4v) is 12.2. The van der Waals surface area contributed by atoms with Crippen molar-refractivity contribution in [2.45, 2.75) is 104 Å². The van der Waals surface area contributed by atoms with Crippen molar-refractivity contribution in [3.8, 4) is 22.8 Å². The fraction of sp³-hybridized carbons (Fsp3) is 0.526. The number of alkyl halides is 1. The van der Waals surface area contributed by atoms with Gasteiger partial charge in [-0.1, -0.05) is 66.7 Å². The Hall–Kier alpha value is -3.34. The van der Waals surface area contributed by atoms with Crippen molar-refractivity contribution in [1.29, 1.82) is 0 Å². The maximum absolute atomic E-state index is 15.0. The quantitative estimate of drug-likeness (QED) is 0.126. The average Bonchev–Trinajstić information content (AvgIpc) is 3.04. The zero-order valence-corrected chi connectivity index (χ0v) is 30.9. The SMILES string of the molecule is CCO[C@@H](CCO[Si](C(C)C)(C(C)C)C(C)C)c1ccc(OCc2ccc(F)c(-c3ccc(OC(C(=O)O)[C@H](C)CF)nc3C)c2)cc1. The van der Waals surface area contributed by atoms with Crippen molar-refractivity contribution in [2.24, 2.45) is 5.92 Å². The summed E-state index contributed by atoms with van der Waals surface area (Å²) in [6.45, 7) is 19.5. The molecule has 0 aliphatic heterocycles. The minimum atomic E-state index is -1.96. The summed E-state index contributed by atoms with van der Waals surface area (Å²) in [5.41, 5.74) is 4.69. The summed E-state index contributed by atoms with van der Waals surface area (Å²) in [5.74, 6) is -1.86. The third-order valence-electron chi connectivity index (χ3n) is 9.10. The molecule has 3 aromatic rings. The fourth-order valence-electron chi connectivity index (χ4n) is 6.71. The molecular weight excluding hydrogens is 633 g/mol. The molecular formula is C38H53F2NO6Si. The van der Waals surface area contributed by atoms with Gasteiger partial charge >= 0.3 is 5.97 Å². The van der Waals surface area contributed by atoms with Gasteiger partial charge < -0.3 is 23.7 Å². The molecule has 264 valence electrons. The smallest absolute Gasteiger partial charge is 0.345 e. The van der Waals surface area contributed by atoms with E-state index >= 15 is 0 Å². The predicted molar refractivity (Wildman–Crippen MR) is 188 cm³/mol. The second-order valence-corrected chi connectivity index (χ2v) is 18.8. The van der Waals surface area contributed by atoms with Gasteiger partial charge in [0.2, 0.25) is 12.0 Å². The lowest BCUT2D eigenvalue weighted by molar-refractivity contribution is -0.147. The third-order valence-corrected chi connectivity index (χ3v) is 15.2.